The number of nitrogens with zero attached hydrogens (tertiary/aromatic N) is 5. The highest BCUT2D eigenvalue weighted by atomic mass is 32.1. The van der Waals surface area contributed by atoms with Gasteiger partial charge in [0.15, 0.2) is 0 Å². The smallest absolute Gasteiger partial charge is 0.328 e. The first-order valence-electron chi connectivity index (χ1n) is 9.39. The Morgan fingerprint density at radius 2 is 1.89 bits per heavy atom. The van der Waals surface area contributed by atoms with Gasteiger partial charge in [-0.2, -0.15) is 4.37 Å². The molecule has 0 bridgehead atoms. The third kappa shape index (κ3) is 3.14. The Hall–Kier alpha value is -2.52. The van der Waals surface area contributed by atoms with Crippen LogP contribution >= 0.6 is 11.5 Å². The van der Waals surface area contributed by atoms with Gasteiger partial charge in [0.2, 0.25) is 5.13 Å². The third-order valence-corrected chi connectivity index (χ3v) is 6.38. The van der Waals surface area contributed by atoms with Gasteiger partial charge in [-0.05, 0) is 25.3 Å². The number of aromatic nitrogens is 2. The molecule has 4 rings (SSSR count). The van der Waals surface area contributed by atoms with E-state index in [0.29, 0.717) is 32.5 Å². The molecule has 8 nitrogen and oxygen atoms in total. The number of imide groups is 1. The summed E-state index contributed by atoms with van der Waals surface area (Å²) < 4.78 is 4.24. The number of piperidine rings is 1. The van der Waals surface area contributed by atoms with Crippen molar-refractivity contribution in [1.82, 2.24) is 19.2 Å². The van der Waals surface area contributed by atoms with Gasteiger partial charge >= 0.3 is 6.03 Å². The van der Waals surface area contributed by atoms with E-state index in [2.05, 4.69) is 14.3 Å². The van der Waals surface area contributed by atoms with E-state index in [9.17, 15) is 14.7 Å². The van der Waals surface area contributed by atoms with Crippen molar-refractivity contribution in [3.05, 3.63) is 41.7 Å². The lowest BCUT2D eigenvalue weighted by atomic mass is 9.85. The maximum absolute atomic E-state index is 13.2. The molecule has 1 spiro atoms. The van der Waals surface area contributed by atoms with Crippen LogP contribution in [-0.2, 0) is 11.3 Å². The number of benzene rings is 1. The van der Waals surface area contributed by atoms with E-state index in [1.165, 1.54) is 16.4 Å². The van der Waals surface area contributed by atoms with E-state index in [0.717, 1.165) is 16.5 Å². The number of urea groups is 1. The van der Waals surface area contributed by atoms with Crippen molar-refractivity contribution in [3.63, 3.8) is 0 Å². The highest BCUT2D eigenvalue weighted by molar-refractivity contribution is 7.09. The van der Waals surface area contributed by atoms with Gasteiger partial charge in [0.1, 0.15) is 11.4 Å². The largest absolute Gasteiger partial charge is 0.395 e. The molecule has 2 aliphatic rings. The van der Waals surface area contributed by atoms with E-state index < -0.39 is 5.54 Å². The standard InChI is InChI=1S/C19H23N5O3S/c1-14-20-17(28-21-14)22-9-7-19(8-10-22)16(26)23(11-12-25)18(27)24(19)13-15-5-3-2-4-6-15/h2-6,25H,7-13H2,1H3. The molecule has 9 heteroatoms. The minimum absolute atomic E-state index is 0.0318. The van der Waals surface area contributed by atoms with E-state index >= 15 is 0 Å². The number of aliphatic hydroxyl groups excluding tert-OH is 1. The fourth-order valence-electron chi connectivity index (χ4n) is 4.03. The molecule has 3 heterocycles. The van der Waals surface area contributed by atoms with Crippen LogP contribution in [0.3, 0.4) is 0 Å². The zero-order chi connectivity index (χ0) is 19.7. The normalized spacial score (nSPS) is 19.1. The van der Waals surface area contributed by atoms with Crippen molar-refractivity contribution in [2.75, 3.05) is 31.1 Å². The minimum atomic E-state index is -0.863. The maximum Gasteiger partial charge on any atom is 0.328 e. The van der Waals surface area contributed by atoms with Gasteiger partial charge in [-0.3, -0.25) is 9.69 Å². The summed E-state index contributed by atoms with van der Waals surface area (Å²) in [7, 11) is 0. The fourth-order valence-corrected chi connectivity index (χ4v) is 4.76. The zero-order valence-corrected chi connectivity index (χ0v) is 16.6. The lowest BCUT2D eigenvalue weighted by Crippen LogP contribution is -2.56. The van der Waals surface area contributed by atoms with Gasteiger partial charge < -0.3 is 14.9 Å². The Morgan fingerprint density at radius 3 is 2.50 bits per heavy atom. The first kappa shape index (κ1) is 18.8. The Morgan fingerprint density at radius 1 is 1.18 bits per heavy atom. The molecule has 0 radical (unpaired) electrons. The molecule has 2 aliphatic heterocycles. The molecular formula is C19H23N5O3S. The Labute approximate surface area is 167 Å². The average molecular weight is 401 g/mol. The average Bonchev–Trinajstić information content (AvgIpc) is 3.22. The molecule has 0 unspecified atom stereocenters. The first-order chi connectivity index (χ1) is 13.5. The van der Waals surface area contributed by atoms with Crippen LogP contribution in [0.25, 0.3) is 0 Å². The van der Waals surface area contributed by atoms with Crippen LogP contribution in [0, 0.1) is 6.92 Å². The number of carbonyl (C=O) groups is 2. The highest BCUT2D eigenvalue weighted by Crippen LogP contribution is 2.39. The van der Waals surface area contributed by atoms with Crippen molar-refractivity contribution in [3.8, 4) is 0 Å². The maximum atomic E-state index is 13.2. The van der Waals surface area contributed by atoms with Crippen LogP contribution in [0.4, 0.5) is 9.93 Å². The number of amides is 3. The van der Waals surface area contributed by atoms with Gasteiger partial charge in [-0.25, -0.2) is 9.78 Å². The van der Waals surface area contributed by atoms with Gasteiger partial charge in [0, 0.05) is 31.2 Å². The molecule has 1 N–H and O–H groups in total. The predicted octanol–water partition coefficient (Wildman–Crippen LogP) is 1.64. The number of aliphatic hydroxyl groups is 1. The van der Waals surface area contributed by atoms with Gasteiger partial charge in [-0.1, -0.05) is 30.3 Å². The summed E-state index contributed by atoms with van der Waals surface area (Å²) in [6.45, 7) is 3.30. The number of hydrogen-bond donors (Lipinski definition) is 1. The van der Waals surface area contributed by atoms with Crippen LogP contribution < -0.4 is 4.90 Å². The molecule has 1 aromatic heterocycles. The van der Waals surface area contributed by atoms with Crippen LogP contribution in [0.1, 0.15) is 24.2 Å². The number of rotatable bonds is 5. The number of aryl methyl sites for hydroxylation is 1. The Kier molecular flexibility index (Phi) is 5.03. The quantitative estimate of drug-likeness (QED) is 0.766. The molecule has 0 atom stereocenters. The van der Waals surface area contributed by atoms with Crippen LogP contribution in [0.2, 0.25) is 0 Å². The third-order valence-electron chi connectivity index (χ3n) is 5.51. The van der Waals surface area contributed by atoms with Crippen molar-refractivity contribution in [2.24, 2.45) is 0 Å². The van der Waals surface area contributed by atoms with Crippen molar-refractivity contribution in [2.45, 2.75) is 31.8 Å². The van der Waals surface area contributed by atoms with Crippen LogP contribution in [-0.4, -0.2) is 68.0 Å². The Balaban J connectivity index is 1.60. The van der Waals surface area contributed by atoms with E-state index in [4.69, 9.17) is 0 Å². The predicted molar refractivity (Wildman–Crippen MR) is 105 cm³/mol. The molecule has 2 fully saturated rings. The second-order valence-corrected chi connectivity index (χ2v) is 7.91. The lowest BCUT2D eigenvalue weighted by Gasteiger charge is -2.42. The van der Waals surface area contributed by atoms with Crippen molar-refractivity contribution < 1.29 is 14.7 Å². The second kappa shape index (κ2) is 7.48. The lowest BCUT2D eigenvalue weighted by molar-refractivity contribution is -0.134. The molecule has 28 heavy (non-hydrogen) atoms. The molecule has 3 amide bonds. The summed E-state index contributed by atoms with van der Waals surface area (Å²) >= 11 is 1.36. The topological polar surface area (TPSA) is 89.9 Å². The van der Waals surface area contributed by atoms with Crippen molar-refractivity contribution >= 4 is 28.6 Å². The van der Waals surface area contributed by atoms with Crippen LogP contribution in [0.15, 0.2) is 30.3 Å². The number of anilines is 1. The van der Waals surface area contributed by atoms with Gasteiger partial charge in [-0.15, -0.1) is 0 Å². The summed E-state index contributed by atoms with van der Waals surface area (Å²) in [6, 6.07) is 9.38. The van der Waals surface area contributed by atoms with Crippen LogP contribution in [0.5, 0.6) is 0 Å². The molecule has 0 saturated carbocycles. The monoisotopic (exact) mass is 401 g/mol. The summed E-state index contributed by atoms with van der Waals surface area (Å²) in [6.07, 6.45) is 1.07. The number of carbonyl (C=O) groups excluding carboxylic acids is 2. The molecular weight excluding hydrogens is 378 g/mol. The summed E-state index contributed by atoms with van der Waals surface area (Å²) in [5.41, 5.74) is 0.120. The van der Waals surface area contributed by atoms with E-state index in [1.807, 2.05) is 37.3 Å². The summed E-state index contributed by atoms with van der Waals surface area (Å²) in [5, 5.41) is 10.2. The molecule has 148 valence electrons. The SMILES string of the molecule is Cc1nsc(N2CCC3(CC2)C(=O)N(CCO)C(=O)N3Cc2ccccc2)n1. The second-order valence-electron chi connectivity index (χ2n) is 7.18. The summed E-state index contributed by atoms with van der Waals surface area (Å²) in [4.78, 5) is 35.7. The number of hydrogen-bond acceptors (Lipinski definition) is 7. The van der Waals surface area contributed by atoms with Gasteiger partial charge in [0.25, 0.3) is 5.91 Å². The minimum Gasteiger partial charge on any atom is -0.395 e. The van der Waals surface area contributed by atoms with Crippen molar-refractivity contribution in [1.29, 1.82) is 0 Å². The van der Waals surface area contributed by atoms with Gasteiger partial charge in [0.05, 0.1) is 13.2 Å². The fraction of sp³-hybridized carbons (Fsp3) is 0.474. The zero-order valence-electron chi connectivity index (χ0n) is 15.7. The van der Waals surface area contributed by atoms with E-state index in [-0.39, 0.29) is 25.1 Å². The first-order valence-corrected chi connectivity index (χ1v) is 10.2. The molecule has 0 aliphatic carbocycles. The summed E-state index contributed by atoms with van der Waals surface area (Å²) in [5.74, 6) is 0.544. The molecule has 2 aromatic rings. The molecule has 2 saturated heterocycles. The van der Waals surface area contributed by atoms with E-state index in [1.54, 1.807) is 4.90 Å². The highest BCUT2D eigenvalue weighted by Gasteiger charge is 2.57. The number of β-amino-alcohol motifs (C(OH)–C–C–N with tert-alkyl or cyclic N) is 1. The Bertz CT molecular complexity index is 863. The molecule has 1 aromatic carbocycles.